The van der Waals surface area contributed by atoms with E-state index in [0.717, 1.165) is 6.07 Å². The maximum atomic E-state index is 14.0. The number of benzene rings is 2. The second kappa shape index (κ2) is 10.1. The number of furan rings is 1. The number of carbonyl (C=O) groups is 2. The van der Waals surface area contributed by atoms with Crippen LogP contribution < -0.4 is 15.5 Å². The lowest BCUT2D eigenvalue weighted by molar-refractivity contribution is -0.152. The molecule has 0 radical (unpaired) electrons. The van der Waals surface area contributed by atoms with Crippen LogP contribution in [0.15, 0.2) is 62.2 Å². The third kappa shape index (κ3) is 6.08. The van der Waals surface area contributed by atoms with Crippen LogP contribution in [0.25, 0.3) is 33.3 Å². The summed E-state index contributed by atoms with van der Waals surface area (Å²) in [4.78, 5) is 38.3. The van der Waals surface area contributed by atoms with E-state index < -0.39 is 58.1 Å². The molecule has 206 valence electrons. The summed E-state index contributed by atoms with van der Waals surface area (Å²) in [5, 5.41) is 2.78. The van der Waals surface area contributed by atoms with Crippen LogP contribution in [0.5, 0.6) is 5.75 Å². The smallest absolute Gasteiger partial charge is 0.450 e. The maximum absolute atomic E-state index is 14.0. The Morgan fingerprint density at radius 3 is 2.26 bits per heavy atom. The fourth-order valence-corrected chi connectivity index (χ4v) is 3.88. The molecule has 0 fully saturated rings. The highest BCUT2D eigenvalue weighted by molar-refractivity contribution is 5.88. The summed E-state index contributed by atoms with van der Waals surface area (Å²) in [6.07, 6.45) is -5.87. The van der Waals surface area contributed by atoms with Gasteiger partial charge in [-0.05, 0) is 51.0 Å². The van der Waals surface area contributed by atoms with Gasteiger partial charge in [-0.3, -0.25) is 4.79 Å². The molecule has 4 rings (SSSR count). The van der Waals surface area contributed by atoms with Gasteiger partial charge in [-0.2, -0.15) is 13.2 Å². The molecule has 0 saturated carbocycles. The Balaban J connectivity index is 1.71. The third-order valence-corrected chi connectivity index (χ3v) is 5.60. The number of alkyl halides is 3. The van der Waals surface area contributed by atoms with Gasteiger partial charge < -0.3 is 23.6 Å². The summed E-state index contributed by atoms with van der Waals surface area (Å²) in [6.45, 7) is 8.31. The minimum absolute atomic E-state index is 0.175. The molecule has 8 nitrogen and oxygen atoms in total. The van der Waals surface area contributed by atoms with Crippen molar-refractivity contribution in [2.24, 2.45) is 5.92 Å². The van der Waals surface area contributed by atoms with Crippen LogP contribution in [0.2, 0.25) is 0 Å². The van der Waals surface area contributed by atoms with Crippen molar-refractivity contribution >= 4 is 34.0 Å². The predicted molar refractivity (Wildman–Crippen MR) is 136 cm³/mol. The monoisotopic (exact) mass is 545 g/mol. The van der Waals surface area contributed by atoms with Crippen LogP contribution in [-0.4, -0.2) is 23.7 Å². The highest BCUT2D eigenvalue weighted by atomic mass is 19.4. The summed E-state index contributed by atoms with van der Waals surface area (Å²) in [6, 6.07) is 10.2. The first-order valence-electron chi connectivity index (χ1n) is 12.0. The quantitative estimate of drug-likeness (QED) is 0.220. The molecule has 0 bridgehead atoms. The molecule has 11 heteroatoms. The van der Waals surface area contributed by atoms with E-state index in [9.17, 15) is 27.6 Å². The summed E-state index contributed by atoms with van der Waals surface area (Å²) in [7, 11) is 0. The average Bonchev–Trinajstić information content (AvgIpc) is 3.24. The fraction of sp³-hybridized carbons (Fsp3) is 0.321. The number of ether oxygens (including phenoxy) is 2. The number of carbonyl (C=O) groups excluding carboxylic acids is 2. The van der Waals surface area contributed by atoms with E-state index in [-0.39, 0.29) is 16.9 Å². The average molecular weight is 546 g/mol. The molecule has 2 heterocycles. The Hall–Kier alpha value is -4.28. The fourth-order valence-electron chi connectivity index (χ4n) is 3.88. The number of rotatable bonds is 5. The number of amides is 1. The molecule has 0 aliphatic carbocycles. The maximum Gasteiger partial charge on any atom is 0.450 e. The largest absolute Gasteiger partial charge is 0.456 e. The molecule has 0 aliphatic rings. The molecule has 4 aromatic rings. The Kier molecular flexibility index (Phi) is 7.20. The lowest BCUT2D eigenvalue weighted by Crippen LogP contribution is -2.48. The van der Waals surface area contributed by atoms with Gasteiger partial charge in [0.05, 0.1) is 5.39 Å². The van der Waals surface area contributed by atoms with Crippen molar-refractivity contribution in [3.8, 4) is 17.1 Å². The molecule has 1 atom stereocenters. The lowest BCUT2D eigenvalue weighted by Gasteiger charge is -2.24. The van der Waals surface area contributed by atoms with E-state index in [0.29, 0.717) is 11.0 Å². The summed E-state index contributed by atoms with van der Waals surface area (Å²) in [5.41, 5.74) is -2.67. The van der Waals surface area contributed by atoms with Gasteiger partial charge in [0.15, 0.2) is 0 Å². The second-order valence-electron chi connectivity index (χ2n) is 10.2. The molecule has 0 unspecified atom stereocenters. The molecule has 2 aromatic carbocycles. The van der Waals surface area contributed by atoms with E-state index in [1.54, 1.807) is 58.9 Å². The van der Waals surface area contributed by atoms with E-state index in [4.69, 9.17) is 18.3 Å². The molecule has 0 saturated heterocycles. The summed E-state index contributed by atoms with van der Waals surface area (Å²) in [5.74, 6) is -3.31. The minimum Gasteiger partial charge on any atom is -0.456 e. The van der Waals surface area contributed by atoms with Crippen molar-refractivity contribution < 1.29 is 41.1 Å². The topological polar surface area (TPSA) is 108 Å². The van der Waals surface area contributed by atoms with Crippen LogP contribution >= 0.6 is 0 Å². The highest BCUT2D eigenvalue weighted by Crippen LogP contribution is 2.39. The number of alkyl carbamates (subject to hydrolysis) is 1. The lowest BCUT2D eigenvalue weighted by atomic mass is 10.0. The first kappa shape index (κ1) is 27.7. The molecular formula is C28H26F3NO7. The summed E-state index contributed by atoms with van der Waals surface area (Å²) < 4.78 is 63.3. The van der Waals surface area contributed by atoms with Crippen molar-refractivity contribution in [2.45, 2.75) is 52.4 Å². The van der Waals surface area contributed by atoms with Crippen LogP contribution in [-0.2, 0) is 15.7 Å². The van der Waals surface area contributed by atoms with Crippen molar-refractivity contribution in [3.05, 3.63) is 64.5 Å². The van der Waals surface area contributed by atoms with Gasteiger partial charge in [-0.25, -0.2) is 9.59 Å². The predicted octanol–water partition coefficient (Wildman–Crippen LogP) is 6.68. The number of hydrogen-bond donors (Lipinski definition) is 1. The van der Waals surface area contributed by atoms with Gasteiger partial charge in [-0.15, -0.1) is 0 Å². The number of nitrogens with one attached hydrogen (secondary N) is 1. The first-order chi connectivity index (χ1) is 18.1. The second-order valence-corrected chi connectivity index (χ2v) is 10.2. The summed E-state index contributed by atoms with van der Waals surface area (Å²) >= 11 is 0. The first-order valence-corrected chi connectivity index (χ1v) is 12.0. The van der Waals surface area contributed by atoms with Crippen molar-refractivity contribution in [1.82, 2.24) is 5.32 Å². The van der Waals surface area contributed by atoms with Crippen LogP contribution in [0.1, 0.15) is 40.4 Å². The Morgan fingerprint density at radius 2 is 1.64 bits per heavy atom. The van der Waals surface area contributed by atoms with Crippen molar-refractivity contribution in [2.75, 3.05) is 0 Å². The number of para-hydroxylation sites is 1. The number of hydrogen-bond acceptors (Lipinski definition) is 7. The van der Waals surface area contributed by atoms with Crippen LogP contribution in [0.3, 0.4) is 0 Å². The van der Waals surface area contributed by atoms with Gasteiger partial charge in [-0.1, -0.05) is 32.0 Å². The third-order valence-electron chi connectivity index (χ3n) is 5.60. The van der Waals surface area contributed by atoms with E-state index in [1.807, 2.05) is 0 Å². The zero-order valence-electron chi connectivity index (χ0n) is 21.8. The SMILES string of the molecule is CC(C)[C@@H](NC(=O)OC(C)(C)C)C(=O)Oc1ccc2c(=O)c(-c3cc4ccccc4o3)c(C(F)(F)F)oc2c1. The Bertz CT molecular complexity index is 1580. The Morgan fingerprint density at radius 1 is 0.949 bits per heavy atom. The zero-order valence-corrected chi connectivity index (χ0v) is 21.8. The molecule has 1 amide bonds. The zero-order chi connectivity index (χ0) is 28.7. The molecule has 1 N–H and O–H groups in total. The van der Waals surface area contributed by atoms with E-state index in [2.05, 4.69) is 5.32 Å². The van der Waals surface area contributed by atoms with Crippen molar-refractivity contribution in [1.29, 1.82) is 0 Å². The highest BCUT2D eigenvalue weighted by Gasteiger charge is 2.40. The van der Waals surface area contributed by atoms with E-state index in [1.165, 1.54) is 18.2 Å². The van der Waals surface area contributed by atoms with E-state index >= 15 is 0 Å². The van der Waals surface area contributed by atoms with Gasteiger partial charge in [0.25, 0.3) is 0 Å². The van der Waals surface area contributed by atoms with Gasteiger partial charge in [0, 0.05) is 11.5 Å². The van der Waals surface area contributed by atoms with Gasteiger partial charge >= 0.3 is 18.2 Å². The molecule has 39 heavy (non-hydrogen) atoms. The standard InChI is InChI=1S/C28H26F3NO7/c1-14(2)22(32-26(35)39-27(3,4)5)25(34)36-16-10-11-17-19(13-16)38-24(28(29,30)31)21(23(17)33)20-12-15-8-6-7-9-18(15)37-20/h6-14,22H,1-5H3,(H,32,35)/t22-/m1/s1. The minimum atomic E-state index is -5.03. The molecule has 0 aliphatic heterocycles. The molecule has 2 aromatic heterocycles. The number of esters is 1. The number of halogens is 3. The van der Waals surface area contributed by atoms with Gasteiger partial charge in [0.2, 0.25) is 11.2 Å². The van der Waals surface area contributed by atoms with Gasteiger partial charge in [0.1, 0.15) is 39.9 Å². The molecule has 0 spiro atoms. The van der Waals surface area contributed by atoms with Crippen molar-refractivity contribution in [3.63, 3.8) is 0 Å². The molecular weight excluding hydrogens is 519 g/mol. The normalized spacial score (nSPS) is 13.1. The Labute approximate surface area is 220 Å². The number of fused-ring (bicyclic) bond motifs is 2. The van der Waals surface area contributed by atoms with Crippen LogP contribution in [0, 0.1) is 5.92 Å². The van der Waals surface area contributed by atoms with Crippen LogP contribution in [0.4, 0.5) is 18.0 Å².